The fraction of sp³-hybridized carbons (Fsp3) is 0.421. The lowest BCUT2D eigenvalue weighted by Crippen LogP contribution is -2.22. The largest absolute Gasteiger partial charge is 0.368 e. The Kier molecular flexibility index (Phi) is 4.97. The van der Waals surface area contributed by atoms with Crippen molar-refractivity contribution in [2.45, 2.75) is 25.8 Å². The molecule has 1 aromatic carbocycles. The van der Waals surface area contributed by atoms with E-state index in [-0.39, 0.29) is 5.95 Å². The summed E-state index contributed by atoms with van der Waals surface area (Å²) in [7, 11) is 0. The van der Waals surface area contributed by atoms with Gasteiger partial charge in [0.2, 0.25) is 5.95 Å². The first-order chi connectivity index (χ1) is 12.8. The first-order valence-electron chi connectivity index (χ1n) is 9.28. The zero-order chi connectivity index (χ0) is 17.8. The first kappa shape index (κ1) is 16.8. The van der Waals surface area contributed by atoms with Gasteiger partial charge < -0.3 is 20.5 Å². The van der Waals surface area contributed by atoms with Crippen molar-refractivity contribution in [2.24, 2.45) is 0 Å². The highest BCUT2D eigenvalue weighted by molar-refractivity contribution is 5.84. The van der Waals surface area contributed by atoms with Crippen LogP contribution in [0.3, 0.4) is 0 Å². The summed E-state index contributed by atoms with van der Waals surface area (Å²) in [5.74, 6) is 0.995. The van der Waals surface area contributed by atoms with Crippen molar-refractivity contribution in [3.8, 4) is 0 Å². The maximum Gasteiger partial charge on any atom is 0.224 e. The summed E-state index contributed by atoms with van der Waals surface area (Å²) in [6.45, 7) is 5.15. The monoisotopic (exact) mass is 351 g/mol. The van der Waals surface area contributed by atoms with Crippen molar-refractivity contribution < 1.29 is 0 Å². The van der Waals surface area contributed by atoms with E-state index in [9.17, 15) is 0 Å². The van der Waals surface area contributed by atoms with Crippen molar-refractivity contribution in [3.05, 3.63) is 42.2 Å². The summed E-state index contributed by atoms with van der Waals surface area (Å²) in [5.41, 5.74) is 8.68. The molecule has 4 rings (SSSR count). The highest BCUT2D eigenvalue weighted by Gasteiger charge is 2.13. The third-order valence-corrected chi connectivity index (χ3v) is 4.82. The van der Waals surface area contributed by atoms with Crippen LogP contribution in [0.15, 0.2) is 36.7 Å². The Morgan fingerprint density at radius 1 is 1.08 bits per heavy atom. The summed E-state index contributed by atoms with van der Waals surface area (Å²) in [6.07, 6.45) is 5.54. The van der Waals surface area contributed by atoms with Crippen LogP contribution in [0.5, 0.6) is 0 Å². The van der Waals surface area contributed by atoms with Gasteiger partial charge in [-0.15, -0.1) is 0 Å². The van der Waals surface area contributed by atoms with Crippen LogP contribution >= 0.6 is 0 Å². The molecule has 136 valence electrons. The molecule has 0 atom stereocenters. The number of nitrogens with one attached hydrogen (secondary N) is 1. The Morgan fingerprint density at radius 3 is 2.69 bits per heavy atom. The quantitative estimate of drug-likeness (QED) is 0.636. The number of nitrogen functional groups attached to an aromatic ring is 1. The van der Waals surface area contributed by atoms with Crippen molar-refractivity contribution in [1.29, 1.82) is 0 Å². The molecular formula is C19H25N7. The van der Waals surface area contributed by atoms with Gasteiger partial charge in [0.25, 0.3) is 0 Å². The molecule has 1 fully saturated rings. The molecule has 0 unspecified atom stereocenters. The summed E-state index contributed by atoms with van der Waals surface area (Å²) in [5, 5.41) is 3.40. The number of hydrogen-bond donors (Lipinski definition) is 2. The Balaban J connectivity index is 1.46. The normalized spacial score (nSPS) is 14.9. The summed E-state index contributed by atoms with van der Waals surface area (Å²) in [4.78, 5) is 15.8. The zero-order valence-corrected chi connectivity index (χ0v) is 14.9. The predicted molar refractivity (Wildman–Crippen MR) is 104 cm³/mol. The van der Waals surface area contributed by atoms with Gasteiger partial charge in [0.15, 0.2) is 17.0 Å². The molecule has 0 aliphatic carbocycles. The third kappa shape index (κ3) is 3.77. The van der Waals surface area contributed by atoms with Crippen molar-refractivity contribution in [2.75, 3.05) is 37.2 Å². The van der Waals surface area contributed by atoms with Crippen LogP contribution in [0, 0.1) is 0 Å². The lowest BCUT2D eigenvalue weighted by molar-refractivity contribution is 0.337. The highest BCUT2D eigenvalue weighted by atomic mass is 15.2. The molecule has 1 aliphatic heterocycles. The van der Waals surface area contributed by atoms with Crippen LogP contribution in [-0.4, -0.2) is 50.6 Å². The van der Waals surface area contributed by atoms with Gasteiger partial charge in [-0.2, -0.15) is 9.97 Å². The van der Waals surface area contributed by atoms with Gasteiger partial charge in [-0.25, -0.2) is 4.98 Å². The third-order valence-electron chi connectivity index (χ3n) is 4.82. The molecule has 1 saturated heterocycles. The minimum atomic E-state index is 0.273. The molecule has 0 spiro atoms. The second-order valence-corrected chi connectivity index (χ2v) is 6.79. The van der Waals surface area contributed by atoms with E-state index in [1.165, 1.54) is 31.5 Å². The van der Waals surface area contributed by atoms with Gasteiger partial charge in [-0.05, 0) is 44.5 Å². The number of benzene rings is 1. The van der Waals surface area contributed by atoms with Crippen molar-refractivity contribution >= 4 is 22.9 Å². The van der Waals surface area contributed by atoms with E-state index < -0.39 is 0 Å². The van der Waals surface area contributed by atoms with Gasteiger partial charge in [-0.1, -0.05) is 30.3 Å². The van der Waals surface area contributed by atoms with Crippen LogP contribution in [-0.2, 0) is 6.54 Å². The minimum absolute atomic E-state index is 0.273. The number of nitrogens with two attached hydrogens (primary N) is 1. The van der Waals surface area contributed by atoms with Gasteiger partial charge in [0.1, 0.15) is 0 Å². The minimum Gasteiger partial charge on any atom is -0.368 e. The van der Waals surface area contributed by atoms with Crippen LogP contribution in [0.4, 0.5) is 11.8 Å². The molecule has 0 amide bonds. The van der Waals surface area contributed by atoms with E-state index in [1.807, 2.05) is 22.8 Å². The van der Waals surface area contributed by atoms with Crippen molar-refractivity contribution in [1.82, 2.24) is 24.4 Å². The summed E-state index contributed by atoms with van der Waals surface area (Å²) < 4.78 is 2.01. The van der Waals surface area contributed by atoms with Crippen LogP contribution in [0.2, 0.25) is 0 Å². The van der Waals surface area contributed by atoms with Crippen molar-refractivity contribution in [3.63, 3.8) is 0 Å². The van der Waals surface area contributed by atoms with Crippen LogP contribution in [0.1, 0.15) is 24.8 Å². The molecule has 3 heterocycles. The van der Waals surface area contributed by atoms with Crippen LogP contribution in [0.25, 0.3) is 11.2 Å². The highest BCUT2D eigenvalue weighted by Crippen LogP contribution is 2.20. The van der Waals surface area contributed by atoms with Gasteiger partial charge in [0, 0.05) is 6.54 Å². The molecule has 2 aromatic heterocycles. The molecule has 1 aliphatic rings. The smallest absolute Gasteiger partial charge is 0.224 e. The Hall–Kier alpha value is -2.67. The molecule has 3 N–H and O–H groups in total. The number of fused-ring (bicyclic) bond motifs is 1. The van der Waals surface area contributed by atoms with E-state index in [1.54, 1.807) is 6.33 Å². The topological polar surface area (TPSA) is 84.9 Å². The van der Waals surface area contributed by atoms with E-state index in [0.717, 1.165) is 36.5 Å². The molecular weight excluding hydrogens is 326 g/mol. The number of rotatable bonds is 7. The van der Waals surface area contributed by atoms with Crippen LogP contribution < -0.4 is 11.1 Å². The van der Waals surface area contributed by atoms with E-state index in [2.05, 4.69) is 37.3 Å². The second-order valence-electron chi connectivity index (χ2n) is 6.79. The zero-order valence-electron chi connectivity index (χ0n) is 14.9. The molecule has 3 aromatic rings. The summed E-state index contributed by atoms with van der Waals surface area (Å²) in [6, 6.07) is 10.3. The predicted octanol–water partition coefficient (Wildman–Crippen LogP) is 2.35. The Labute approximate surface area is 153 Å². The molecule has 7 nitrogen and oxygen atoms in total. The fourth-order valence-electron chi connectivity index (χ4n) is 3.50. The lowest BCUT2D eigenvalue weighted by Gasteiger charge is -2.14. The molecule has 0 radical (unpaired) electrons. The molecule has 7 heteroatoms. The average molecular weight is 351 g/mol. The van der Waals surface area contributed by atoms with E-state index in [4.69, 9.17) is 5.73 Å². The second kappa shape index (κ2) is 7.70. The SMILES string of the molecule is Nc1nc(NCCCN2CCCC2)c2ncn(Cc3ccccc3)c2n1. The molecule has 26 heavy (non-hydrogen) atoms. The van der Waals surface area contributed by atoms with E-state index in [0.29, 0.717) is 6.54 Å². The number of hydrogen-bond acceptors (Lipinski definition) is 6. The number of imidazole rings is 1. The number of nitrogens with zero attached hydrogens (tertiary/aromatic N) is 5. The maximum atomic E-state index is 5.94. The van der Waals surface area contributed by atoms with Gasteiger partial charge >= 0.3 is 0 Å². The number of likely N-dealkylation sites (tertiary alicyclic amines) is 1. The Bertz CT molecular complexity index is 853. The van der Waals surface area contributed by atoms with Gasteiger partial charge in [-0.3, -0.25) is 0 Å². The number of anilines is 2. The first-order valence-corrected chi connectivity index (χ1v) is 9.28. The fourth-order valence-corrected chi connectivity index (χ4v) is 3.50. The average Bonchev–Trinajstić information content (AvgIpc) is 3.30. The van der Waals surface area contributed by atoms with E-state index >= 15 is 0 Å². The summed E-state index contributed by atoms with van der Waals surface area (Å²) >= 11 is 0. The van der Waals surface area contributed by atoms with Gasteiger partial charge in [0.05, 0.1) is 12.9 Å². The maximum absolute atomic E-state index is 5.94. The molecule has 0 bridgehead atoms. The molecule has 0 saturated carbocycles. The standard InChI is InChI=1S/C19H25N7/c20-19-23-17(21-9-6-12-25-10-4-5-11-25)16-18(24-19)26(14-22-16)13-15-7-2-1-3-8-15/h1-3,7-8,14H,4-6,9-13H2,(H3,20,21,23,24). The lowest BCUT2D eigenvalue weighted by atomic mass is 10.2. The Morgan fingerprint density at radius 2 is 1.88 bits per heavy atom. The number of aromatic nitrogens is 4.